The number of aliphatic imine (C=N–C) groups is 1. The van der Waals surface area contributed by atoms with Gasteiger partial charge < -0.3 is 4.90 Å². The molecule has 0 bridgehead atoms. The highest BCUT2D eigenvalue weighted by Gasteiger charge is 2.10. The van der Waals surface area contributed by atoms with Crippen molar-refractivity contribution in [1.82, 2.24) is 4.90 Å². The molecule has 2 rings (SSSR count). The van der Waals surface area contributed by atoms with Gasteiger partial charge in [0.05, 0.1) is 11.4 Å². The van der Waals surface area contributed by atoms with Crippen LogP contribution in [0.1, 0.15) is 0 Å². The Morgan fingerprint density at radius 1 is 1.45 bits per heavy atom. The second kappa shape index (κ2) is 2.38. The Morgan fingerprint density at radius 3 is 2.91 bits per heavy atom. The first-order chi connectivity index (χ1) is 5.38. The fraction of sp³-hybridized carbons (Fsp3) is 0.222. The highest BCUT2D eigenvalue weighted by atomic mass is 15.1. The van der Waals surface area contributed by atoms with E-state index in [1.807, 2.05) is 18.4 Å². The highest BCUT2D eigenvalue weighted by molar-refractivity contribution is 5.77. The number of likely N-dealkylation sites (N-methyl/N-ethyl adjacent to an activating group) is 1. The van der Waals surface area contributed by atoms with Crippen molar-refractivity contribution in [3.05, 3.63) is 35.7 Å². The first-order valence-corrected chi connectivity index (χ1v) is 3.70. The van der Waals surface area contributed by atoms with E-state index in [1.165, 1.54) is 5.70 Å². The molecule has 11 heavy (non-hydrogen) atoms. The van der Waals surface area contributed by atoms with Crippen LogP contribution in [0.4, 0.5) is 0 Å². The SMILES string of the molecule is CN1CC=CC1=C1C=CC=N1. The van der Waals surface area contributed by atoms with E-state index in [0.29, 0.717) is 0 Å². The molecule has 2 heteroatoms. The predicted octanol–water partition coefficient (Wildman–Crippen LogP) is 1.34. The summed E-state index contributed by atoms with van der Waals surface area (Å²) in [6, 6.07) is 0. The second-order valence-electron chi connectivity index (χ2n) is 2.69. The van der Waals surface area contributed by atoms with Gasteiger partial charge >= 0.3 is 0 Å². The van der Waals surface area contributed by atoms with Crippen LogP contribution < -0.4 is 0 Å². The monoisotopic (exact) mass is 146 g/mol. The summed E-state index contributed by atoms with van der Waals surface area (Å²) < 4.78 is 0. The van der Waals surface area contributed by atoms with Crippen molar-refractivity contribution in [3.63, 3.8) is 0 Å². The van der Waals surface area contributed by atoms with Crippen LogP contribution in [0.25, 0.3) is 0 Å². The number of rotatable bonds is 0. The van der Waals surface area contributed by atoms with E-state index in [1.54, 1.807) is 0 Å². The Labute approximate surface area is 66.2 Å². The second-order valence-corrected chi connectivity index (χ2v) is 2.69. The van der Waals surface area contributed by atoms with E-state index in [9.17, 15) is 0 Å². The molecular weight excluding hydrogens is 136 g/mol. The maximum atomic E-state index is 4.22. The van der Waals surface area contributed by atoms with Crippen molar-refractivity contribution < 1.29 is 0 Å². The van der Waals surface area contributed by atoms with E-state index < -0.39 is 0 Å². The molecule has 0 aromatic heterocycles. The van der Waals surface area contributed by atoms with Crippen molar-refractivity contribution >= 4 is 6.21 Å². The average molecular weight is 146 g/mol. The Kier molecular flexibility index (Phi) is 1.39. The number of hydrogen-bond acceptors (Lipinski definition) is 2. The molecule has 0 atom stereocenters. The van der Waals surface area contributed by atoms with Gasteiger partial charge in [-0.3, -0.25) is 4.99 Å². The molecule has 0 aromatic rings. The average Bonchev–Trinajstić information content (AvgIpc) is 2.55. The van der Waals surface area contributed by atoms with E-state index in [4.69, 9.17) is 0 Å². The molecule has 2 nitrogen and oxygen atoms in total. The molecule has 56 valence electrons. The zero-order valence-electron chi connectivity index (χ0n) is 6.49. The van der Waals surface area contributed by atoms with Gasteiger partial charge in [0, 0.05) is 19.8 Å². The summed E-state index contributed by atoms with van der Waals surface area (Å²) in [5.74, 6) is 0. The smallest absolute Gasteiger partial charge is 0.0863 e. The van der Waals surface area contributed by atoms with Gasteiger partial charge in [-0.2, -0.15) is 0 Å². The summed E-state index contributed by atoms with van der Waals surface area (Å²) in [6.07, 6.45) is 10.1. The molecule has 2 aliphatic rings. The molecule has 2 heterocycles. The molecule has 0 saturated heterocycles. The van der Waals surface area contributed by atoms with Gasteiger partial charge in [-0.05, 0) is 18.2 Å². The molecule has 0 aliphatic carbocycles. The van der Waals surface area contributed by atoms with Crippen LogP contribution in [0.3, 0.4) is 0 Å². The van der Waals surface area contributed by atoms with Crippen molar-refractivity contribution in [2.45, 2.75) is 0 Å². The van der Waals surface area contributed by atoms with Crippen molar-refractivity contribution in [1.29, 1.82) is 0 Å². The first kappa shape index (κ1) is 6.40. The third kappa shape index (κ3) is 1.00. The Bertz CT molecular complexity index is 268. The molecule has 0 radical (unpaired) electrons. The Hall–Kier alpha value is -1.31. The van der Waals surface area contributed by atoms with Gasteiger partial charge in [0.1, 0.15) is 0 Å². The van der Waals surface area contributed by atoms with Gasteiger partial charge in [0.15, 0.2) is 0 Å². The van der Waals surface area contributed by atoms with Crippen LogP contribution in [-0.4, -0.2) is 24.7 Å². The Balaban J connectivity index is 2.38. The van der Waals surface area contributed by atoms with Crippen LogP contribution in [-0.2, 0) is 0 Å². The van der Waals surface area contributed by atoms with Crippen LogP contribution in [0.15, 0.2) is 40.7 Å². The van der Waals surface area contributed by atoms with Crippen LogP contribution in [0, 0.1) is 0 Å². The van der Waals surface area contributed by atoms with E-state index >= 15 is 0 Å². The normalized spacial score (nSPS) is 27.5. The molecule has 2 aliphatic heterocycles. The minimum atomic E-state index is 1.00. The molecule has 0 N–H and O–H groups in total. The molecule has 0 fully saturated rings. The summed E-state index contributed by atoms with van der Waals surface area (Å²) >= 11 is 0. The van der Waals surface area contributed by atoms with Crippen molar-refractivity contribution in [2.24, 2.45) is 4.99 Å². The minimum absolute atomic E-state index is 1.00. The summed E-state index contributed by atoms with van der Waals surface area (Å²) in [7, 11) is 2.07. The molecule has 0 saturated carbocycles. The summed E-state index contributed by atoms with van der Waals surface area (Å²) in [6.45, 7) is 1.00. The maximum absolute atomic E-state index is 4.22. The van der Waals surface area contributed by atoms with E-state index in [0.717, 1.165) is 12.2 Å². The summed E-state index contributed by atoms with van der Waals surface area (Å²) in [5, 5.41) is 0. The lowest BCUT2D eigenvalue weighted by Crippen LogP contribution is -2.12. The molecule has 0 unspecified atom stereocenters. The van der Waals surface area contributed by atoms with E-state index in [-0.39, 0.29) is 0 Å². The number of hydrogen-bond donors (Lipinski definition) is 0. The highest BCUT2D eigenvalue weighted by Crippen LogP contribution is 2.19. The lowest BCUT2D eigenvalue weighted by Gasteiger charge is -2.12. The van der Waals surface area contributed by atoms with Crippen LogP contribution in [0.5, 0.6) is 0 Å². The summed E-state index contributed by atoms with van der Waals surface area (Å²) in [5.41, 5.74) is 2.29. The minimum Gasteiger partial charge on any atom is -0.369 e. The van der Waals surface area contributed by atoms with Gasteiger partial charge in [0.25, 0.3) is 0 Å². The molecule has 0 aromatic carbocycles. The standard InChI is InChI=1S/C9H10N2/c1-11-7-3-5-9(11)8-4-2-6-10-8/h2-6H,7H2,1H3. The number of allylic oxidation sites excluding steroid dienone is 3. The lowest BCUT2D eigenvalue weighted by atomic mass is 10.3. The first-order valence-electron chi connectivity index (χ1n) is 3.70. The van der Waals surface area contributed by atoms with Gasteiger partial charge in [-0.25, -0.2) is 0 Å². The Morgan fingerprint density at radius 2 is 2.36 bits per heavy atom. The quantitative estimate of drug-likeness (QED) is 0.503. The van der Waals surface area contributed by atoms with Gasteiger partial charge in [0.2, 0.25) is 0 Å². The molecular formula is C9H10N2. The maximum Gasteiger partial charge on any atom is 0.0863 e. The zero-order valence-corrected chi connectivity index (χ0v) is 6.49. The molecule has 0 spiro atoms. The van der Waals surface area contributed by atoms with Crippen molar-refractivity contribution in [2.75, 3.05) is 13.6 Å². The topological polar surface area (TPSA) is 15.6 Å². The largest absolute Gasteiger partial charge is 0.369 e. The van der Waals surface area contributed by atoms with Crippen molar-refractivity contribution in [3.8, 4) is 0 Å². The zero-order chi connectivity index (χ0) is 7.68. The third-order valence-corrected chi connectivity index (χ3v) is 1.88. The predicted molar refractivity (Wildman–Crippen MR) is 46.4 cm³/mol. The van der Waals surface area contributed by atoms with Crippen LogP contribution >= 0.6 is 0 Å². The third-order valence-electron chi connectivity index (χ3n) is 1.88. The fourth-order valence-corrected chi connectivity index (χ4v) is 1.28. The molecule has 0 amide bonds. The van der Waals surface area contributed by atoms with Gasteiger partial charge in [-0.15, -0.1) is 0 Å². The summed E-state index contributed by atoms with van der Waals surface area (Å²) in [4.78, 5) is 6.40. The van der Waals surface area contributed by atoms with E-state index in [2.05, 4.69) is 29.1 Å². The van der Waals surface area contributed by atoms with Gasteiger partial charge in [-0.1, -0.05) is 6.08 Å². The fourth-order valence-electron chi connectivity index (χ4n) is 1.28. The number of nitrogens with zero attached hydrogens (tertiary/aromatic N) is 2. The lowest BCUT2D eigenvalue weighted by molar-refractivity contribution is 0.496. The van der Waals surface area contributed by atoms with Crippen LogP contribution in [0.2, 0.25) is 0 Å².